The lowest BCUT2D eigenvalue weighted by atomic mass is 10.1. The largest absolute Gasteiger partial charge is 0.497 e. The van der Waals surface area contributed by atoms with Crippen LogP contribution < -0.4 is 9.47 Å². The molecule has 2 heterocycles. The molecule has 0 saturated carbocycles. The van der Waals surface area contributed by atoms with Gasteiger partial charge in [0.2, 0.25) is 5.76 Å². The monoisotopic (exact) mass is 331 g/mol. The summed E-state index contributed by atoms with van der Waals surface area (Å²) in [6.45, 7) is 3.66. The predicted molar refractivity (Wildman–Crippen MR) is 87.2 cm³/mol. The second-order valence-electron chi connectivity index (χ2n) is 5.62. The van der Waals surface area contributed by atoms with Crippen LogP contribution in [0.2, 0.25) is 0 Å². The van der Waals surface area contributed by atoms with Crippen molar-refractivity contribution in [3.05, 3.63) is 41.8 Å². The highest BCUT2D eigenvalue weighted by Gasteiger charge is 2.24. The summed E-state index contributed by atoms with van der Waals surface area (Å²) in [4.78, 5) is 16.3. The Hall–Kier alpha value is -2.54. The third kappa shape index (κ3) is 3.51. The molecular weight excluding hydrogens is 310 g/mol. The molecule has 1 amide bonds. The Kier molecular flexibility index (Phi) is 5.00. The summed E-state index contributed by atoms with van der Waals surface area (Å²) in [5.41, 5.74) is 1.08. The van der Waals surface area contributed by atoms with E-state index in [9.17, 15) is 4.79 Å². The summed E-state index contributed by atoms with van der Waals surface area (Å²) >= 11 is 0. The molecule has 0 bridgehead atoms. The number of methoxy groups -OCH3 is 2. The molecule has 0 spiro atoms. The first-order chi connectivity index (χ1) is 11.7. The number of carbonyl (C=O) groups is 1. The van der Waals surface area contributed by atoms with Crippen LogP contribution in [0.5, 0.6) is 11.5 Å². The highest BCUT2D eigenvalue weighted by atomic mass is 16.5. The molecule has 2 aromatic rings. The highest BCUT2D eigenvalue weighted by Crippen LogP contribution is 2.25. The third-order valence-corrected chi connectivity index (χ3v) is 4.19. The maximum Gasteiger partial charge on any atom is 0.292 e. The highest BCUT2D eigenvalue weighted by molar-refractivity contribution is 5.91. The first-order valence-electron chi connectivity index (χ1n) is 7.84. The summed E-state index contributed by atoms with van der Waals surface area (Å²) in [6, 6.07) is 7.38. The van der Waals surface area contributed by atoms with Crippen LogP contribution in [0.1, 0.15) is 16.1 Å². The van der Waals surface area contributed by atoms with Crippen LogP contribution in [-0.2, 0) is 6.54 Å². The van der Waals surface area contributed by atoms with Gasteiger partial charge in [0.15, 0.2) is 0 Å². The van der Waals surface area contributed by atoms with E-state index in [0.29, 0.717) is 13.1 Å². The fraction of sp³-hybridized carbons (Fsp3) is 0.412. The summed E-state index contributed by atoms with van der Waals surface area (Å²) in [5, 5.41) is 3.59. The Bertz CT molecular complexity index is 679. The van der Waals surface area contributed by atoms with Crippen LogP contribution in [-0.4, -0.2) is 61.3 Å². The summed E-state index contributed by atoms with van der Waals surface area (Å²) in [6.07, 6.45) is 1.48. The number of aromatic nitrogens is 1. The van der Waals surface area contributed by atoms with Crippen molar-refractivity contribution >= 4 is 5.91 Å². The second kappa shape index (κ2) is 7.35. The maximum atomic E-state index is 12.2. The van der Waals surface area contributed by atoms with Gasteiger partial charge in [-0.1, -0.05) is 5.16 Å². The van der Waals surface area contributed by atoms with Crippen molar-refractivity contribution in [2.24, 2.45) is 0 Å². The van der Waals surface area contributed by atoms with Crippen molar-refractivity contribution in [3.63, 3.8) is 0 Å². The van der Waals surface area contributed by atoms with Gasteiger partial charge in [0.25, 0.3) is 5.91 Å². The first-order valence-corrected chi connectivity index (χ1v) is 7.84. The van der Waals surface area contributed by atoms with Crippen molar-refractivity contribution in [2.75, 3.05) is 40.4 Å². The summed E-state index contributed by atoms with van der Waals surface area (Å²) in [5.74, 6) is 1.84. The molecule has 7 nitrogen and oxygen atoms in total. The SMILES string of the molecule is COc1ccc(OC)c(CN2CCN(C(=O)c3ccno3)CC2)c1. The number of piperazine rings is 1. The lowest BCUT2D eigenvalue weighted by Gasteiger charge is -2.34. The lowest BCUT2D eigenvalue weighted by molar-refractivity contribution is 0.0587. The minimum atomic E-state index is -0.105. The number of hydrogen-bond donors (Lipinski definition) is 0. The van der Waals surface area contributed by atoms with Gasteiger partial charge in [0, 0.05) is 44.4 Å². The zero-order valence-corrected chi connectivity index (χ0v) is 13.9. The lowest BCUT2D eigenvalue weighted by Crippen LogP contribution is -2.48. The molecule has 1 aliphatic rings. The van der Waals surface area contributed by atoms with Crippen LogP contribution in [0.15, 0.2) is 35.0 Å². The van der Waals surface area contributed by atoms with Gasteiger partial charge in [-0.2, -0.15) is 0 Å². The van der Waals surface area contributed by atoms with Crippen molar-refractivity contribution in [2.45, 2.75) is 6.54 Å². The molecule has 3 rings (SSSR count). The quantitative estimate of drug-likeness (QED) is 0.830. The first kappa shape index (κ1) is 16.3. The number of amides is 1. The number of nitrogens with zero attached hydrogens (tertiary/aromatic N) is 3. The van der Waals surface area contributed by atoms with E-state index in [1.54, 1.807) is 25.2 Å². The van der Waals surface area contributed by atoms with Gasteiger partial charge in [-0.15, -0.1) is 0 Å². The molecule has 1 aromatic heterocycles. The van der Waals surface area contributed by atoms with Crippen LogP contribution >= 0.6 is 0 Å². The molecule has 0 atom stereocenters. The van der Waals surface area contributed by atoms with Gasteiger partial charge in [0.05, 0.1) is 20.4 Å². The zero-order valence-electron chi connectivity index (χ0n) is 13.9. The van der Waals surface area contributed by atoms with Gasteiger partial charge in [-0.3, -0.25) is 9.69 Å². The third-order valence-electron chi connectivity index (χ3n) is 4.19. The number of rotatable bonds is 5. The normalized spacial score (nSPS) is 15.3. The van der Waals surface area contributed by atoms with Crippen LogP contribution in [0, 0.1) is 0 Å². The molecule has 128 valence electrons. The topological polar surface area (TPSA) is 68.0 Å². The van der Waals surface area contributed by atoms with E-state index >= 15 is 0 Å². The molecule has 0 unspecified atom stereocenters. The number of hydrogen-bond acceptors (Lipinski definition) is 6. The van der Waals surface area contributed by atoms with E-state index in [-0.39, 0.29) is 11.7 Å². The Balaban J connectivity index is 1.60. The molecule has 7 heteroatoms. The van der Waals surface area contributed by atoms with Crippen LogP contribution in [0.3, 0.4) is 0 Å². The molecule has 24 heavy (non-hydrogen) atoms. The van der Waals surface area contributed by atoms with E-state index < -0.39 is 0 Å². The van der Waals surface area contributed by atoms with Crippen molar-refractivity contribution in [3.8, 4) is 11.5 Å². The van der Waals surface area contributed by atoms with Crippen molar-refractivity contribution < 1.29 is 18.8 Å². The van der Waals surface area contributed by atoms with Crippen LogP contribution in [0.4, 0.5) is 0 Å². The molecule has 0 radical (unpaired) electrons. The molecule has 1 saturated heterocycles. The molecule has 1 aliphatic heterocycles. The minimum Gasteiger partial charge on any atom is -0.497 e. The van der Waals surface area contributed by atoms with E-state index in [2.05, 4.69) is 10.1 Å². The summed E-state index contributed by atoms with van der Waals surface area (Å²) < 4.78 is 15.7. The van der Waals surface area contributed by atoms with E-state index in [0.717, 1.165) is 36.7 Å². The molecule has 1 aromatic carbocycles. The van der Waals surface area contributed by atoms with Crippen molar-refractivity contribution in [1.82, 2.24) is 15.0 Å². The zero-order chi connectivity index (χ0) is 16.9. The van der Waals surface area contributed by atoms with Crippen molar-refractivity contribution in [1.29, 1.82) is 0 Å². The number of carbonyl (C=O) groups excluding carboxylic acids is 1. The van der Waals surface area contributed by atoms with Gasteiger partial charge in [0.1, 0.15) is 11.5 Å². The smallest absolute Gasteiger partial charge is 0.292 e. The Labute approximate surface area is 140 Å². The number of ether oxygens (including phenoxy) is 2. The Morgan fingerprint density at radius 3 is 2.58 bits per heavy atom. The standard InChI is InChI=1S/C17H21N3O4/c1-22-14-3-4-15(23-2)13(11-14)12-19-7-9-20(10-8-19)17(21)16-5-6-18-24-16/h3-6,11H,7-10,12H2,1-2H3. The van der Waals surface area contributed by atoms with E-state index in [4.69, 9.17) is 14.0 Å². The Morgan fingerprint density at radius 2 is 1.96 bits per heavy atom. The van der Waals surface area contributed by atoms with Gasteiger partial charge in [-0.05, 0) is 18.2 Å². The fourth-order valence-corrected chi connectivity index (χ4v) is 2.84. The van der Waals surface area contributed by atoms with E-state index in [1.807, 2.05) is 18.2 Å². The maximum absolute atomic E-state index is 12.2. The average Bonchev–Trinajstić information content (AvgIpc) is 3.16. The molecule has 1 fully saturated rings. The number of benzene rings is 1. The Morgan fingerprint density at radius 1 is 1.17 bits per heavy atom. The van der Waals surface area contributed by atoms with Gasteiger partial charge < -0.3 is 18.9 Å². The molecular formula is C17H21N3O4. The van der Waals surface area contributed by atoms with Gasteiger partial charge >= 0.3 is 0 Å². The molecule has 0 N–H and O–H groups in total. The second-order valence-corrected chi connectivity index (χ2v) is 5.62. The van der Waals surface area contributed by atoms with E-state index in [1.165, 1.54) is 6.20 Å². The molecule has 0 aliphatic carbocycles. The van der Waals surface area contributed by atoms with Gasteiger partial charge in [-0.25, -0.2) is 0 Å². The summed E-state index contributed by atoms with van der Waals surface area (Å²) in [7, 11) is 3.32. The predicted octanol–water partition coefficient (Wildman–Crippen LogP) is 1.65. The minimum absolute atomic E-state index is 0.105. The average molecular weight is 331 g/mol. The fourth-order valence-electron chi connectivity index (χ4n) is 2.84. The van der Waals surface area contributed by atoms with Crippen LogP contribution in [0.25, 0.3) is 0 Å².